The van der Waals surface area contributed by atoms with Gasteiger partial charge >= 0.3 is 5.97 Å². The van der Waals surface area contributed by atoms with Crippen LogP contribution in [0.5, 0.6) is 0 Å². The lowest BCUT2D eigenvalue weighted by Gasteiger charge is -2.06. The standard InChI is InChI=1S/C14H21NO3/c1-2-3-7-17-8-9-18-14(16)11-12-5-4-6-13(15)10-12/h4-6,10H,2-3,7-9,11,15H2,1H3. The summed E-state index contributed by atoms with van der Waals surface area (Å²) in [5.74, 6) is -0.250. The van der Waals surface area contributed by atoms with Crippen LogP contribution in [0.4, 0.5) is 5.69 Å². The molecule has 1 rings (SSSR count). The first-order valence-electron chi connectivity index (χ1n) is 6.30. The number of hydrogen-bond donors (Lipinski definition) is 1. The van der Waals surface area contributed by atoms with E-state index in [4.69, 9.17) is 15.2 Å². The van der Waals surface area contributed by atoms with Crippen molar-refractivity contribution >= 4 is 11.7 Å². The molecule has 0 aliphatic heterocycles. The maximum atomic E-state index is 11.5. The number of carbonyl (C=O) groups is 1. The van der Waals surface area contributed by atoms with Crippen LogP contribution in [-0.2, 0) is 20.7 Å². The molecule has 18 heavy (non-hydrogen) atoms. The topological polar surface area (TPSA) is 61.5 Å². The van der Waals surface area contributed by atoms with Gasteiger partial charge in [-0.15, -0.1) is 0 Å². The van der Waals surface area contributed by atoms with E-state index in [0.29, 0.717) is 18.9 Å². The summed E-state index contributed by atoms with van der Waals surface area (Å²) in [4.78, 5) is 11.5. The number of ether oxygens (including phenoxy) is 2. The lowest BCUT2D eigenvalue weighted by Crippen LogP contribution is -2.13. The van der Waals surface area contributed by atoms with Gasteiger partial charge in [0.15, 0.2) is 0 Å². The third kappa shape index (κ3) is 6.25. The Morgan fingerprint density at radius 2 is 2.11 bits per heavy atom. The SMILES string of the molecule is CCCCOCCOC(=O)Cc1cccc(N)c1. The molecule has 0 aromatic heterocycles. The largest absolute Gasteiger partial charge is 0.463 e. The highest BCUT2D eigenvalue weighted by molar-refractivity contribution is 5.72. The molecule has 0 spiro atoms. The van der Waals surface area contributed by atoms with Crippen molar-refractivity contribution in [2.45, 2.75) is 26.2 Å². The van der Waals surface area contributed by atoms with Gasteiger partial charge in [-0.3, -0.25) is 4.79 Å². The van der Waals surface area contributed by atoms with Crippen molar-refractivity contribution in [3.63, 3.8) is 0 Å². The molecule has 0 aliphatic carbocycles. The predicted octanol–water partition coefficient (Wildman–Crippen LogP) is 2.17. The first kappa shape index (κ1) is 14.5. The van der Waals surface area contributed by atoms with E-state index in [-0.39, 0.29) is 12.4 Å². The van der Waals surface area contributed by atoms with Crippen LogP contribution in [0.3, 0.4) is 0 Å². The van der Waals surface area contributed by atoms with E-state index >= 15 is 0 Å². The van der Waals surface area contributed by atoms with Crippen LogP contribution in [0, 0.1) is 0 Å². The van der Waals surface area contributed by atoms with Crippen molar-refractivity contribution in [3.05, 3.63) is 29.8 Å². The van der Waals surface area contributed by atoms with Crippen LogP contribution in [-0.4, -0.2) is 25.8 Å². The van der Waals surface area contributed by atoms with Crippen LogP contribution in [0.1, 0.15) is 25.3 Å². The summed E-state index contributed by atoms with van der Waals surface area (Å²) < 4.78 is 10.4. The summed E-state index contributed by atoms with van der Waals surface area (Å²) in [5, 5.41) is 0. The van der Waals surface area contributed by atoms with Gasteiger partial charge in [0.05, 0.1) is 13.0 Å². The second-order valence-electron chi connectivity index (χ2n) is 4.11. The summed E-state index contributed by atoms with van der Waals surface area (Å²) in [6, 6.07) is 7.25. The Labute approximate surface area is 108 Å². The van der Waals surface area contributed by atoms with Gasteiger partial charge in [-0.1, -0.05) is 25.5 Å². The highest BCUT2D eigenvalue weighted by Gasteiger charge is 2.04. The molecular weight excluding hydrogens is 230 g/mol. The second-order valence-corrected chi connectivity index (χ2v) is 4.11. The van der Waals surface area contributed by atoms with E-state index in [1.165, 1.54) is 0 Å². The second kappa shape index (κ2) is 8.53. The molecule has 0 bridgehead atoms. The smallest absolute Gasteiger partial charge is 0.310 e. The van der Waals surface area contributed by atoms with Gasteiger partial charge in [-0.05, 0) is 24.1 Å². The van der Waals surface area contributed by atoms with Crippen molar-refractivity contribution in [3.8, 4) is 0 Å². The zero-order valence-corrected chi connectivity index (χ0v) is 10.9. The third-order valence-electron chi connectivity index (χ3n) is 2.43. The van der Waals surface area contributed by atoms with Gasteiger partial charge in [-0.25, -0.2) is 0 Å². The number of anilines is 1. The molecule has 1 aromatic rings. The molecule has 4 heteroatoms. The molecule has 0 saturated heterocycles. The molecule has 1 aromatic carbocycles. The Morgan fingerprint density at radius 3 is 2.83 bits per heavy atom. The van der Waals surface area contributed by atoms with Crippen LogP contribution in [0.25, 0.3) is 0 Å². The van der Waals surface area contributed by atoms with E-state index in [2.05, 4.69) is 6.92 Å². The normalized spacial score (nSPS) is 10.3. The number of hydrogen-bond acceptors (Lipinski definition) is 4. The number of nitrogens with two attached hydrogens (primary N) is 1. The number of esters is 1. The minimum Gasteiger partial charge on any atom is -0.463 e. The average Bonchev–Trinajstić information content (AvgIpc) is 2.33. The van der Waals surface area contributed by atoms with Crippen LogP contribution in [0.15, 0.2) is 24.3 Å². The quantitative estimate of drug-likeness (QED) is 0.437. The fraction of sp³-hybridized carbons (Fsp3) is 0.500. The van der Waals surface area contributed by atoms with Crippen molar-refractivity contribution in [2.75, 3.05) is 25.6 Å². The van der Waals surface area contributed by atoms with Gasteiger partial charge in [0.2, 0.25) is 0 Å². The molecule has 100 valence electrons. The molecule has 0 saturated carbocycles. The Morgan fingerprint density at radius 1 is 1.28 bits per heavy atom. The van der Waals surface area contributed by atoms with Gasteiger partial charge < -0.3 is 15.2 Å². The summed E-state index contributed by atoms with van der Waals surface area (Å²) in [5.41, 5.74) is 7.15. The van der Waals surface area contributed by atoms with Crippen molar-refractivity contribution in [1.29, 1.82) is 0 Å². The van der Waals surface area contributed by atoms with Crippen molar-refractivity contribution in [2.24, 2.45) is 0 Å². The monoisotopic (exact) mass is 251 g/mol. The number of nitrogen functional groups attached to an aromatic ring is 1. The van der Waals surface area contributed by atoms with E-state index < -0.39 is 0 Å². The van der Waals surface area contributed by atoms with Gasteiger partial charge in [-0.2, -0.15) is 0 Å². The molecule has 0 aliphatic rings. The number of benzene rings is 1. The maximum Gasteiger partial charge on any atom is 0.310 e. The van der Waals surface area contributed by atoms with Crippen molar-refractivity contribution in [1.82, 2.24) is 0 Å². The maximum absolute atomic E-state index is 11.5. The van der Waals surface area contributed by atoms with Crippen LogP contribution >= 0.6 is 0 Å². The summed E-state index contributed by atoms with van der Waals surface area (Å²) in [7, 11) is 0. The van der Waals surface area contributed by atoms with Gasteiger partial charge in [0, 0.05) is 12.3 Å². The Kier molecular flexibility index (Phi) is 6.87. The lowest BCUT2D eigenvalue weighted by molar-refractivity contribution is -0.144. The third-order valence-corrected chi connectivity index (χ3v) is 2.43. The number of carbonyl (C=O) groups excluding carboxylic acids is 1. The van der Waals surface area contributed by atoms with Crippen molar-refractivity contribution < 1.29 is 14.3 Å². The Balaban J connectivity index is 2.14. The molecule has 0 unspecified atom stereocenters. The number of rotatable bonds is 8. The van der Waals surface area contributed by atoms with Gasteiger partial charge in [0.25, 0.3) is 0 Å². The predicted molar refractivity (Wildman–Crippen MR) is 71.2 cm³/mol. The molecule has 0 amide bonds. The average molecular weight is 251 g/mol. The van der Waals surface area contributed by atoms with E-state index in [1.54, 1.807) is 12.1 Å². The summed E-state index contributed by atoms with van der Waals surface area (Å²) >= 11 is 0. The molecule has 0 radical (unpaired) electrons. The zero-order valence-electron chi connectivity index (χ0n) is 10.9. The number of unbranched alkanes of at least 4 members (excludes halogenated alkanes) is 1. The zero-order chi connectivity index (χ0) is 13.2. The van der Waals surface area contributed by atoms with Crippen LogP contribution < -0.4 is 5.73 Å². The minimum atomic E-state index is -0.250. The summed E-state index contributed by atoms with van der Waals surface area (Å²) in [6.45, 7) is 3.60. The van der Waals surface area contributed by atoms with E-state index in [1.807, 2.05) is 12.1 Å². The first-order valence-corrected chi connectivity index (χ1v) is 6.30. The molecule has 0 heterocycles. The summed E-state index contributed by atoms with van der Waals surface area (Å²) in [6.07, 6.45) is 2.40. The molecule has 0 atom stereocenters. The first-order chi connectivity index (χ1) is 8.72. The lowest BCUT2D eigenvalue weighted by atomic mass is 10.1. The fourth-order valence-corrected chi connectivity index (χ4v) is 1.48. The Bertz CT molecular complexity index is 366. The molecular formula is C14H21NO3. The van der Waals surface area contributed by atoms with Gasteiger partial charge in [0.1, 0.15) is 6.61 Å². The highest BCUT2D eigenvalue weighted by Crippen LogP contribution is 2.07. The molecule has 0 fully saturated rings. The fourth-order valence-electron chi connectivity index (χ4n) is 1.48. The van der Waals surface area contributed by atoms with E-state index in [9.17, 15) is 4.79 Å². The van der Waals surface area contributed by atoms with Crippen LogP contribution in [0.2, 0.25) is 0 Å². The molecule has 4 nitrogen and oxygen atoms in total. The molecule has 2 N–H and O–H groups in total. The Hall–Kier alpha value is -1.55. The van der Waals surface area contributed by atoms with E-state index in [0.717, 1.165) is 25.0 Å². The minimum absolute atomic E-state index is 0.250. The highest BCUT2D eigenvalue weighted by atomic mass is 16.6.